The zero-order valence-corrected chi connectivity index (χ0v) is 14.3. The van der Waals surface area contributed by atoms with Crippen LogP contribution in [0.4, 0.5) is 15.8 Å². The van der Waals surface area contributed by atoms with Crippen molar-refractivity contribution >= 4 is 35.6 Å². The van der Waals surface area contributed by atoms with E-state index < -0.39 is 17.8 Å². The van der Waals surface area contributed by atoms with Crippen molar-refractivity contribution in [1.82, 2.24) is 15.1 Å². The molecule has 3 N–H and O–H groups in total. The molecule has 1 atom stereocenters. The van der Waals surface area contributed by atoms with E-state index in [-0.39, 0.29) is 24.0 Å². The van der Waals surface area contributed by atoms with Crippen LogP contribution in [0.25, 0.3) is 0 Å². The quantitative estimate of drug-likeness (QED) is 0.763. The first-order valence-corrected chi connectivity index (χ1v) is 6.94. The summed E-state index contributed by atoms with van der Waals surface area (Å²) in [5.41, 5.74) is 1.10. The van der Waals surface area contributed by atoms with Gasteiger partial charge >= 0.3 is 0 Å². The lowest BCUT2D eigenvalue weighted by Crippen LogP contribution is -2.30. The average Bonchev–Trinajstić information content (AvgIpc) is 2.89. The number of anilines is 2. The van der Waals surface area contributed by atoms with E-state index in [1.807, 2.05) is 0 Å². The van der Waals surface area contributed by atoms with E-state index in [1.165, 1.54) is 25.1 Å². The molecule has 0 radical (unpaired) electrons. The monoisotopic (exact) mass is 355 g/mol. The van der Waals surface area contributed by atoms with Crippen molar-refractivity contribution in [2.45, 2.75) is 13.0 Å². The Balaban J connectivity index is 0.00000288. The normalized spacial score (nSPS) is 11.3. The summed E-state index contributed by atoms with van der Waals surface area (Å²) in [7, 11) is 3.42. The summed E-state index contributed by atoms with van der Waals surface area (Å²) in [6, 6.07) is 3.37. The van der Waals surface area contributed by atoms with Gasteiger partial charge in [0.15, 0.2) is 0 Å². The van der Waals surface area contributed by atoms with E-state index in [1.54, 1.807) is 31.2 Å². The molecular weight excluding hydrogens is 337 g/mol. The number of amides is 2. The van der Waals surface area contributed by atoms with Gasteiger partial charge in [0.05, 0.1) is 11.9 Å². The number of benzene rings is 1. The third-order valence-corrected chi connectivity index (χ3v) is 3.15. The highest BCUT2D eigenvalue weighted by molar-refractivity contribution is 5.96. The van der Waals surface area contributed by atoms with Gasteiger partial charge in [0.1, 0.15) is 11.9 Å². The van der Waals surface area contributed by atoms with Crippen molar-refractivity contribution in [3.63, 3.8) is 0 Å². The summed E-state index contributed by atoms with van der Waals surface area (Å²) in [5, 5.41) is 12.0. The van der Waals surface area contributed by atoms with Crippen molar-refractivity contribution in [3.05, 3.63) is 42.0 Å². The van der Waals surface area contributed by atoms with Gasteiger partial charge in [0.25, 0.3) is 0 Å². The highest BCUT2D eigenvalue weighted by Crippen LogP contribution is 2.21. The molecule has 0 bridgehead atoms. The summed E-state index contributed by atoms with van der Waals surface area (Å²) in [4.78, 5) is 23.4. The van der Waals surface area contributed by atoms with Gasteiger partial charge in [-0.2, -0.15) is 5.10 Å². The number of carbonyl (C=O) groups is 2. The lowest BCUT2D eigenvalue weighted by molar-refractivity contribution is -0.118. The molecule has 1 aromatic carbocycles. The molecule has 0 saturated heterocycles. The minimum Gasteiger partial charge on any atom is -0.324 e. The number of likely N-dealkylation sites (N-methyl/N-ethyl adjacent to an activating group) is 1. The van der Waals surface area contributed by atoms with E-state index >= 15 is 0 Å². The lowest BCUT2D eigenvalue weighted by Gasteiger charge is -2.15. The van der Waals surface area contributed by atoms with Crippen LogP contribution in [0.3, 0.4) is 0 Å². The second kappa shape index (κ2) is 8.42. The molecule has 0 spiro atoms. The Hall–Kier alpha value is -2.45. The fraction of sp³-hybridized carbons (Fsp3) is 0.267. The molecule has 2 rings (SSSR count). The van der Waals surface area contributed by atoms with E-state index in [0.717, 1.165) is 0 Å². The number of halogens is 2. The van der Waals surface area contributed by atoms with Crippen LogP contribution in [0.5, 0.6) is 0 Å². The van der Waals surface area contributed by atoms with Gasteiger partial charge in [-0.25, -0.2) is 4.39 Å². The first-order valence-electron chi connectivity index (χ1n) is 6.94. The predicted molar refractivity (Wildman–Crippen MR) is 91.6 cm³/mol. The summed E-state index contributed by atoms with van der Waals surface area (Å²) in [6.45, 7) is 1.28. The summed E-state index contributed by atoms with van der Waals surface area (Å²) < 4.78 is 15.2. The zero-order valence-electron chi connectivity index (χ0n) is 13.5. The highest BCUT2D eigenvalue weighted by Gasteiger charge is 2.20. The van der Waals surface area contributed by atoms with E-state index in [2.05, 4.69) is 21.0 Å². The van der Waals surface area contributed by atoms with Crippen molar-refractivity contribution in [1.29, 1.82) is 0 Å². The van der Waals surface area contributed by atoms with E-state index in [0.29, 0.717) is 11.3 Å². The van der Waals surface area contributed by atoms with Crippen LogP contribution in [0.15, 0.2) is 30.6 Å². The molecular formula is C15H19ClFN5O2. The van der Waals surface area contributed by atoms with E-state index in [9.17, 15) is 14.0 Å². The van der Waals surface area contributed by atoms with Gasteiger partial charge in [0.2, 0.25) is 11.8 Å². The van der Waals surface area contributed by atoms with Crippen LogP contribution < -0.4 is 16.0 Å². The average molecular weight is 356 g/mol. The Kier molecular flexibility index (Phi) is 6.87. The van der Waals surface area contributed by atoms with Gasteiger partial charge in [-0.3, -0.25) is 14.3 Å². The fourth-order valence-electron chi connectivity index (χ4n) is 2.14. The maximum Gasteiger partial charge on any atom is 0.246 e. The highest BCUT2D eigenvalue weighted by atomic mass is 35.5. The lowest BCUT2D eigenvalue weighted by atomic mass is 10.1. The largest absolute Gasteiger partial charge is 0.324 e. The third-order valence-electron chi connectivity index (χ3n) is 3.15. The van der Waals surface area contributed by atoms with Gasteiger partial charge in [-0.05, 0) is 25.2 Å². The maximum atomic E-state index is 13.6. The van der Waals surface area contributed by atoms with E-state index in [4.69, 9.17) is 0 Å². The van der Waals surface area contributed by atoms with Crippen LogP contribution in [-0.2, 0) is 16.6 Å². The molecule has 0 aliphatic heterocycles. The number of nitrogens with zero attached hydrogens (tertiary/aromatic N) is 2. The first-order chi connectivity index (χ1) is 10.9. The van der Waals surface area contributed by atoms with Crippen molar-refractivity contribution in [2.75, 3.05) is 17.7 Å². The van der Waals surface area contributed by atoms with Crippen molar-refractivity contribution in [2.24, 2.45) is 7.05 Å². The maximum absolute atomic E-state index is 13.6. The minimum absolute atomic E-state index is 0. The molecule has 130 valence electrons. The number of hydrogen-bond acceptors (Lipinski definition) is 4. The topological polar surface area (TPSA) is 88.1 Å². The first kappa shape index (κ1) is 19.6. The smallest absolute Gasteiger partial charge is 0.246 e. The molecule has 1 unspecified atom stereocenters. The van der Waals surface area contributed by atoms with Gasteiger partial charge in [-0.15, -0.1) is 12.4 Å². The molecule has 1 heterocycles. The number of nitrogens with one attached hydrogen (secondary N) is 3. The standard InChI is InChI=1S/C15H18FN5O2.ClH/c1-9(22)19-13-6-11(4-5-12(13)16)20-15(23)14(17-2)10-7-18-21(3)8-10;/h4-8,14,17H,1-3H3,(H,19,22)(H,20,23);1H. The number of carbonyl (C=O) groups excluding carboxylic acids is 2. The van der Waals surface area contributed by atoms with Crippen LogP contribution in [0.2, 0.25) is 0 Å². The van der Waals surface area contributed by atoms with Crippen molar-refractivity contribution < 1.29 is 14.0 Å². The van der Waals surface area contributed by atoms with Gasteiger partial charge < -0.3 is 16.0 Å². The Bertz CT molecular complexity index is 734. The number of aryl methyl sites for hydroxylation is 1. The minimum atomic E-state index is -0.599. The van der Waals surface area contributed by atoms with Crippen LogP contribution in [0.1, 0.15) is 18.5 Å². The molecule has 0 fully saturated rings. The number of hydrogen-bond donors (Lipinski definition) is 3. The Morgan fingerprint density at radius 3 is 2.54 bits per heavy atom. The van der Waals surface area contributed by atoms with Crippen LogP contribution in [0, 0.1) is 5.82 Å². The molecule has 2 aromatic rings. The Labute approximate surface area is 145 Å². The third kappa shape index (κ3) is 4.77. The second-order valence-electron chi connectivity index (χ2n) is 5.03. The second-order valence-corrected chi connectivity index (χ2v) is 5.03. The van der Waals surface area contributed by atoms with Crippen LogP contribution in [-0.4, -0.2) is 28.6 Å². The van der Waals surface area contributed by atoms with Gasteiger partial charge in [0, 0.05) is 31.4 Å². The predicted octanol–water partition coefficient (Wildman–Crippen LogP) is 1.84. The molecule has 9 heteroatoms. The molecule has 24 heavy (non-hydrogen) atoms. The Morgan fingerprint density at radius 2 is 2.00 bits per heavy atom. The Morgan fingerprint density at radius 1 is 1.29 bits per heavy atom. The summed E-state index contributed by atoms with van der Waals surface area (Å²) >= 11 is 0. The molecule has 0 aliphatic carbocycles. The summed E-state index contributed by atoms with van der Waals surface area (Å²) in [5.74, 6) is -1.28. The number of rotatable bonds is 5. The fourth-order valence-corrected chi connectivity index (χ4v) is 2.14. The molecule has 2 amide bonds. The van der Waals surface area contributed by atoms with Crippen molar-refractivity contribution in [3.8, 4) is 0 Å². The molecule has 0 saturated carbocycles. The molecule has 0 aliphatic rings. The molecule has 1 aromatic heterocycles. The zero-order chi connectivity index (χ0) is 17.0. The SMILES string of the molecule is CNC(C(=O)Nc1ccc(F)c(NC(C)=O)c1)c1cnn(C)c1.Cl. The van der Waals surface area contributed by atoms with Gasteiger partial charge in [-0.1, -0.05) is 0 Å². The van der Waals surface area contributed by atoms with Crippen LogP contribution >= 0.6 is 12.4 Å². The number of aromatic nitrogens is 2. The molecule has 7 nitrogen and oxygen atoms in total. The summed E-state index contributed by atoms with van der Waals surface area (Å²) in [6.07, 6.45) is 3.32.